The zero-order valence-electron chi connectivity index (χ0n) is 15.0. The fourth-order valence-corrected chi connectivity index (χ4v) is 3.49. The number of rotatable bonds is 5. The molecule has 3 rings (SSSR count). The monoisotopic (exact) mass is 349 g/mol. The zero-order chi connectivity index (χ0) is 17.9. The van der Waals surface area contributed by atoms with Crippen LogP contribution >= 0.6 is 0 Å². The van der Waals surface area contributed by atoms with Crippen molar-refractivity contribution < 1.29 is 9.53 Å². The number of methoxy groups -OCH3 is 1. The van der Waals surface area contributed by atoms with E-state index in [0.29, 0.717) is 18.9 Å². The summed E-state index contributed by atoms with van der Waals surface area (Å²) >= 11 is 0. The average molecular weight is 349 g/mol. The molecule has 0 unspecified atom stereocenters. The van der Waals surface area contributed by atoms with Gasteiger partial charge in [0.05, 0.1) is 5.60 Å². The highest BCUT2D eigenvalue weighted by Crippen LogP contribution is 2.34. The first-order valence-electron chi connectivity index (χ1n) is 8.89. The van der Waals surface area contributed by atoms with Crippen LogP contribution in [-0.4, -0.2) is 54.0 Å². The maximum Gasteiger partial charge on any atom is 0.315 e. The molecule has 8 nitrogen and oxygen atoms in total. The van der Waals surface area contributed by atoms with E-state index in [2.05, 4.69) is 15.6 Å². The summed E-state index contributed by atoms with van der Waals surface area (Å²) in [5.74, 6) is 0.449. The number of carbonyl (C=O) groups excluding carboxylic acids is 1. The van der Waals surface area contributed by atoms with Crippen LogP contribution in [0.4, 0.5) is 10.6 Å². The second-order valence-corrected chi connectivity index (χ2v) is 7.02. The van der Waals surface area contributed by atoms with Gasteiger partial charge in [-0.15, -0.1) is 0 Å². The number of anilines is 1. The molecule has 2 amide bonds. The van der Waals surface area contributed by atoms with E-state index in [1.165, 1.54) is 4.57 Å². The molecule has 2 heterocycles. The molecule has 0 radical (unpaired) electrons. The molecule has 25 heavy (non-hydrogen) atoms. The normalized spacial score (nSPS) is 22.2. The summed E-state index contributed by atoms with van der Waals surface area (Å²) in [7, 11) is 3.41. The van der Waals surface area contributed by atoms with Crippen LogP contribution in [0.25, 0.3) is 0 Å². The lowest BCUT2D eigenvalue weighted by molar-refractivity contribution is -0.0674. The summed E-state index contributed by atoms with van der Waals surface area (Å²) in [5, 5.41) is 5.94. The fraction of sp³-hybridized carbons (Fsp3) is 0.706. The Morgan fingerprint density at radius 1 is 1.44 bits per heavy atom. The Bertz CT molecular complexity index is 665. The molecule has 1 aromatic rings. The predicted molar refractivity (Wildman–Crippen MR) is 94.8 cm³/mol. The van der Waals surface area contributed by atoms with Gasteiger partial charge < -0.3 is 24.8 Å². The first-order valence-corrected chi connectivity index (χ1v) is 8.89. The van der Waals surface area contributed by atoms with E-state index in [1.54, 1.807) is 26.6 Å². The number of aromatic nitrogens is 2. The van der Waals surface area contributed by atoms with Crippen molar-refractivity contribution in [1.82, 2.24) is 20.2 Å². The van der Waals surface area contributed by atoms with Crippen molar-refractivity contribution in [3.8, 4) is 0 Å². The van der Waals surface area contributed by atoms with Gasteiger partial charge in [0.1, 0.15) is 0 Å². The molecule has 1 aliphatic heterocycles. The highest BCUT2D eigenvalue weighted by Gasteiger charge is 2.37. The second-order valence-electron chi connectivity index (χ2n) is 7.02. The summed E-state index contributed by atoms with van der Waals surface area (Å²) < 4.78 is 7.04. The Morgan fingerprint density at radius 3 is 2.92 bits per heavy atom. The third kappa shape index (κ3) is 3.95. The van der Waals surface area contributed by atoms with Gasteiger partial charge in [0.25, 0.3) is 5.56 Å². The second kappa shape index (κ2) is 7.43. The largest absolute Gasteiger partial charge is 0.376 e. The minimum absolute atomic E-state index is 0.000322. The molecule has 2 N–H and O–H groups in total. The molecule has 1 atom stereocenters. The van der Waals surface area contributed by atoms with Crippen molar-refractivity contribution in [3.63, 3.8) is 0 Å². The number of amides is 2. The van der Waals surface area contributed by atoms with E-state index >= 15 is 0 Å². The van der Waals surface area contributed by atoms with Crippen molar-refractivity contribution in [2.45, 2.75) is 43.7 Å². The number of aryl methyl sites for hydroxylation is 1. The number of urea groups is 1. The molecule has 138 valence electrons. The molecule has 1 aliphatic carbocycles. The van der Waals surface area contributed by atoms with Gasteiger partial charge in [-0.3, -0.25) is 4.79 Å². The number of nitrogens with one attached hydrogen (secondary N) is 2. The predicted octanol–water partition coefficient (Wildman–Crippen LogP) is 0.617. The molecule has 2 fully saturated rings. The van der Waals surface area contributed by atoms with Gasteiger partial charge in [-0.25, -0.2) is 9.78 Å². The number of hydrogen-bond acceptors (Lipinski definition) is 5. The molecule has 1 aromatic heterocycles. The summed E-state index contributed by atoms with van der Waals surface area (Å²) in [5.41, 5.74) is -0.296. The Labute approximate surface area is 147 Å². The Balaban J connectivity index is 1.54. The summed E-state index contributed by atoms with van der Waals surface area (Å²) in [6, 6.07) is -0.176. The van der Waals surface area contributed by atoms with Gasteiger partial charge >= 0.3 is 6.03 Å². The number of piperidine rings is 1. The van der Waals surface area contributed by atoms with Gasteiger partial charge in [-0.05, 0) is 32.1 Å². The standard InChI is InChI=1S/C17H27N5O3/c1-21-10-8-18-14(15(21)23)22-9-3-5-13(11-22)20-16(24)19-12-17(25-2)6-4-7-17/h8,10,13H,3-7,9,11-12H2,1-2H3,(H2,19,20,24)/t13-/m0/s1. The van der Waals surface area contributed by atoms with Crippen LogP contribution in [-0.2, 0) is 11.8 Å². The molecule has 0 spiro atoms. The van der Waals surface area contributed by atoms with Crippen LogP contribution in [0.1, 0.15) is 32.1 Å². The number of ether oxygens (including phenoxy) is 1. The van der Waals surface area contributed by atoms with Crippen LogP contribution in [0.5, 0.6) is 0 Å². The maximum atomic E-state index is 12.2. The summed E-state index contributed by atoms with van der Waals surface area (Å²) in [6.45, 7) is 1.90. The topological polar surface area (TPSA) is 88.5 Å². The first kappa shape index (κ1) is 17.7. The van der Waals surface area contributed by atoms with E-state index in [9.17, 15) is 9.59 Å². The number of hydrogen-bond donors (Lipinski definition) is 2. The van der Waals surface area contributed by atoms with Crippen molar-refractivity contribution in [1.29, 1.82) is 0 Å². The lowest BCUT2D eigenvalue weighted by Gasteiger charge is -2.40. The third-order valence-electron chi connectivity index (χ3n) is 5.32. The average Bonchev–Trinajstić information content (AvgIpc) is 2.57. The van der Waals surface area contributed by atoms with Gasteiger partial charge in [0, 0.05) is 52.2 Å². The van der Waals surface area contributed by atoms with Gasteiger partial charge in [-0.1, -0.05) is 0 Å². The zero-order valence-corrected chi connectivity index (χ0v) is 15.0. The lowest BCUT2D eigenvalue weighted by atomic mass is 9.80. The van der Waals surface area contributed by atoms with E-state index < -0.39 is 0 Å². The molecular formula is C17H27N5O3. The SMILES string of the molecule is COC1(CNC(=O)N[C@H]2CCCN(c3nccn(C)c3=O)C2)CCC1. The quantitative estimate of drug-likeness (QED) is 0.813. The highest BCUT2D eigenvalue weighted by atomic mass is 16.5. The van der Waals surface area contributed by atoms with Crippen molar-refractivity contribution in [2.75, 3.05) is 31.6 Å². The molecule has 2 aliphatic rings. The van der Waals surface area contributed by atoms with Gasteiger partial charge in [0.2, 0.25) is 0 Å². The van der Waals surface area contributed by atoms with E-state index in [0.717, 1.165) is 38.6 Å². The number of nitrogens with zero attached hydrogens (tertiary/aromatic N) is 3. The smallest absolute Gasteiger partial charge is 0.315 e. The molecule has 8 heteroatoms. The van der Waals surface area contributed by atoms with Crippen LogP contribution in [0, 0.1) is 0 Å². The van der Waals surface area contributed by atoms with Crippen LogP contribution in [0.3, 0.4) is 0 Å². The van der Waals surface area contributed by atoms with Gasteiger partial charge in [0.15, 0.2) is 5.82 Å². The molecule has 0 bridgehead atoms. The van der Waals surface area contributed by atoms with E-state index in [4.69, 9.17) is 4.74 Å². The van der Waals surface area contributed by atoms with Gasteiger partial charge in [-0.2, -0.15) is 0 Å². The minimum Gasteiger partial charge on any atom is -0.376 e. The van der Waals surface area contributed by atoms with Crippen molar-refractivity contribution in [2.24, 2.45) is 7.05 Å². The summed E-state index contributed by atoms with van der Waals surface area (Å²) in [6.07, 6.45) is 8.20. The Morgan fingerprint density at radius 2 is 2.24 bits per heavy atom. The summed E-state index contributed by atoms with van der Waals surface area (Å²) in [4.78, 5) is 30.6. The minimum atomic E-state index is -0.184. The third-order valence-corrected chi connectivity index (χ3v) is 5.32. The van der Waals surface area contributed by atoms with Crippen molar-refractivity contribution in [3.05, 3.63) is 22.7 Å². The first-order chi connectivity index (χ1) is 12.0. The lowest BCUT2D eigenvalue weighted by Crippen LogP contribution is -2.55. The van der Waals surface area contributed by atoms with E-state index in [-0.39, 0.29) is 23.2 Å². The maximum absolute atomic E-state index is 12.2. The fourth-order valence-electron chi connectivity index (χ4n) is 3.49. The molecule has 1 saturated heterocycles. The van der Waals surface area contributed by atoms with E-state index in [1.807, 2.05) is 4.90 Å². The van der Waals surface area contributed by atoms with Crippen LogP contribution in [0.15, 0.2) is 17.2 Å². The molecule has 1 saturated carbocycles. The van der Waals surface area contributed by atoms with Crippen molar-refractivity contribution >= 4 is 11.8 Å². The Hall–Kier alpha value is -2.09. The molecule has 0 aromatic carbocycles. The number of carbonyl (C=O) groups is 1. The Kier molecular flexibility index (Phi) is 5.27. The highest BCUT2D eigenvalue weighted by molar-refractivity contribution is 5.74. The molecular weight excluding hydrogens is 322 g/mol. The van der Waals surface area contributed by atoms with Crippen LogP contribution in [0.2, 0.25) is 0 Å². The van der Waals surface area contributed by atoms with Crippen LogP contribution < -0.4 is 21.1 Å².